The summed E-state index contributed by atoms with van der Waals surface area (Å²) in [7, 11) is 0. The molecule has 0 radical (unpaired) electrons. The molecule has 0 saturated heterocycles. The fourth-order valence-corrected chi connectivity index (χ4v) is 3.62. The Balaban J connectivity index is 2.18. The van der Waals surface area contributed by atoms with Crippen LogP contribution < -0.4 is 9.47 Å². The molecule has 0 aliphatic heterocycles. The van der Waals surface area contributed by atoms with Gasteiger partial charge in [-0.15, -0.1) is 0 Å². The number of ether oxygens (including phenoxy) is 2. The van der Waals surface area contributed by atoms with Crippen molar-refractivity contribution >= 4 is 15.9 Å². The van der Waals surface area contributed by atoms with Gasteiger partial charge in [0, 0.05) is 4.47 Å². The summed E-state index contributed by atoms with van der Waals surface area (Å²) in [4.78, 5) is 0. The van der Waals surface area contributed by atoms with Crippen LogP contribution in [0.2, 0.25) is 0 Å². The average Bonchev–Trinajstić information content (AvgIpc) is 2.95. The van der Waals surface area contributed by atoms with Crippen LogP contribution in [0.25, 0.3) is 0 Å². The van der Waals surface area contributed by atoms with Crippen LogP contribution >= 0.6 is 15.9 Å². The third-order valence-corrected chi connectivity index (χ3v) is 4.74. The molecule has 1 unspecified atom stereocenters. The van der Waals surface area contributed by atoms with Crippen LogP contribution in [0.5, 0.6) is 11.5 Å². The maximum absolute atomic E-state index is 10.5. The van der Waals surface area contributed by atoms with E-state index < -0.39 is 6.10 Å². The summed E-state index contributed by atoms with van der Waals surface area (Å²) < 4.78 is 12.1. The maximum Gasteiger partial charge on any atom is 0.162 e. The fraction of sp³-hybridized carbons (Fsp3) is 0.647. The second kappa shape index (κ2) is 8.04. The van der Waals surface area contributed by atoms with E-state index in [4.69, 9.17) is 9.47 Å². The average molecular weight is 357 g/mol. The van der Waals surface area contributed by atoms with E-state index >= 15 is 0 Å². The quantitative estimate of drug-likeness (QED) is 0.757. The predicted molar refractivity (Wildman–Crippen MR) is 88.0 cm³/mol. The molecule has 1 aliphatic carbocycles. The lowest BCUT2D eigenvalue weighted by molar-refractivity contribution is 0.143. The van der Waals surface area contributed by atoms with Crippen molar-refractivity contribution in [2.75, 3.05) is 13.2 Å². The molecule has 1 aliphatic rings. The summed E-state index contributed by atoms with van der Waals surface area (Å²) in [5, 5.41) is 10.5. The molecule has 118 valence electrons. The highest BCUT2D eigenvalue weighted by molar-refractivity contribution is 9.10. The Morgan fingerprint density at radius 2 is 1.71 bits per heavy atom. The van der Waals surface area contributed by atoms with Crippen LogP contribution in [0, 0.1) is 5.92 Å². The molecule has 0 bridgehead atoms. The van der Waals surface area contributed by atoms with Crippen molar-refractivity contribution in [2.45, 2.75) is 52.1 Å². The van der Waals surface area contributed by atoms with Gasteiger partial charge in [0.2, 0.25) is 0 Å². The van der Waals surface area contributed by atoms with Crippen molar-refractivity contribution < 1.29 is 14.6 Å². The van der Waals surface area contributed by atoms with Crippen LogP contribution in [0.4, 0.5) is 0 Å². The fourth-order valence-electron chi connectivity index (χ4n) is 3.03. The number of halogens is 1. The molecule has 4 heteroatoms. The summed E-state index contributed by atoms with van der Waals surface area (Å²) in [5.41, 5.74) is 0.897. The normalized spacial score (nSPS) is 17.0. The lowest BCUT2D eigenvalue weighted by atomic mass is 9.95. The molecular weight excluding hydrogens is 332 g/mol. The Morgan fingerprint density at radius 1 is 1.14 bits per heavy atom. The highest BCUT2D eigenvalue weighted by Gasteiger charge is 2.22. The van der Waals surface area contributed by atoms with E-state index in [0.29, 0.717) is 24.9 Å². The van der Waals surface area contributed by atoms with Crippen molar-refractivity contribution in [3.05, 3.63) is 22.2 Å². The zero-order valence-corrected chi connectivity index (χ0v) is 14.5. The molecule has 0 aromatic heterocycles. The van der Waals surface area contributed by atoms with Crippen molar-refractivity contribution in [3.63, 3.8) is 0 Å². The summed E-state index contributed by atoms with van der Waals surface area (Å²) in [6, 6.07) is 3.82. The first kappa shape index (κ1) is 16.6. The first-order valence-electron chi connectivity index (χ1n) is 7.92. The Hall–Kier alpha value is -0.740. The molecule has 1 fully saturated rings. The summed E-state index contributed by atoms with van der Waals surface area (Å²) in [6.45, 7) is 5.08. The van der Waals surface area contributed by atoms with E-state index in [1.807, 2.05) is 26.0 Å². The zero-order chi connectivity index (χ0) is 15.2. The van der Waals surface area contributed by atoms with Crippen LogP contribution in [0.3, 0.4) is 0 Å². The number of benzene rings is 1. The van der Waals surface area contributed by atoms with E-state index in [0.717, 1.165) is 22.2 Å². The number of hydrogen-bond donors (Lipinski definition) is 1. The van der Waals surface area contributed by atoms with Gasteiger partial charge in [-0.3, -0.25) is 0 Å². The molecule has 1 saturated carbocycles. The molecule has 3 nitrogen and oxygen atoms in total. The monoisotopic (exact) mass is 356 g/mol. The lowest BCUT2D eigenvalue weighted by Gasteiger charge is -2.19. The molecule has 21 heavy (non-hydrogen) atoms. The van der Waals surface area contributed by atoms with Gasteiger partial charge in [-0.2, -0.15) is 0 Å². The zero-order valence-electron chi connectivity index (χ0n) is 12.9. The minimum atomic E-state index is -0.447. The largest absolute Gasteiger partial charge is 0.490 e. The molecule has 2 rings (SSSR count). The SMILES string of the molecule is CCOc1cc(Br)c(C(O)CC2CCCC2)cc1OCC. The molecule has 1 aromatic rings. The van der Waals surface area contributed by atoms with Gasteiger partial charge < -0.3 is 14.6 Å². The summed E-state index contributed by atoms with van der Waals surface area (Å²) in [6.07, 6.45) is 5.46. The van der Waals surface area contributed by atoms with Crippen LogP contribution in [0.1, 0.15) is 57.6 Å². The Kier molecular flexibility index (Phi) is 6.37. The van der Waals surface area contributed by atoms with Gasteiger partial charge in [0.1, 0.15) is 0 Å². The third kappa shape index (κ3) is 4.36. The standard InChI is InChI=1S/C17H25BrO3/c1-3-20-16-10-13(14(18)11-17(16)21-4-2)15(19)9-12-7-5-6-8-12/h10-12,15,19H,3-9H2,1-2H3. The Morgan fingerprint density at radius 3 is 2.29 bits per heavy atom. The van der Waals surface area contributed by atoms with Crippen molar-refractivity contribution in [1.82, 2.24) is 0 Å². The highest BCUT2D eigenvalue weighted by Crippen LogP contribution is 2.40. The Labute approximate surface area is 135 Å². The lowest BCUT2D eigenvalue weighted by Crippen LogP contribution is -2.07. The van der Waals surface area contributed by atoms with E-state index in [1.54, 1.807) is 0 Å². The second-order valence-electron chi connectivity index (χ2n) is 5.59. The number of hydrogen-bond acceptors (Lipinski definition) is 3. The smallest absolute Gasteiger partial charge is 0.162 e. The third-order valence-electron chi connectivity index (χ3n) is 4.05. The summed E-state index contributed by atoms with van der Waals surface area (Å²) in [5.74, 6) is 2.08. The van der Waals surface area contributed by atoms with Gasteiger partial charge >= 0.3 is 0 Å². The van der Waals surface area contributed by atoms with Crippen LogP contribution in [0.15, 0.2) is 16.6 Å². The second-order valence-corrected chi connectivity index (χ2v) is 6.44. The van der Waals surface area contributed by atoms with Crippen LogP contribution in [-0.2, 0) is 0 Å². The van der Waals surface area contributed by atoms with Crippen LogP contribution in [-0.4, -0.2) is 18.3 Å². The first-order chi connectivity index (χ1) is 10.2. The van der Waals surface area contributed by atoms with Gasteiger partial charge in [-0.25, -0.2) is 0 Å². The van der Waals surface area contributed by atoms with Gasteiger partial charge in [0.25, 0.3) is 0 Å². The van der Waals surface area contributed by atoms with Gasteiger partial charge in [0.05, 0.1) is 19.3 Å². The maximum atomic E-state index is 10.5. The molecular formula is C17H25BrO3. The van der Waals surface area contributed by atoms with Gasteiger partial charge in [-0.05, 0) is 43.9 Å². The van der Waals surface area contributed by atoms with Crippen molar-refractivity contribution in [1.29, 1.82) is 0 Å². The van der Waals surface area contributed by atoms with E-state index in [2.05, 4.69) is 15.9 Å². The van der Waals surface area contributed by atoms with E-state index in [-0.39, 0.29) is 0 Å². The van der Waals surface area contributed by atoms with E-state index in [9.17, 15) is 5.11 Å². The topological polar surface area (TPSA) is 38.7 Å². The molecule has 1 atom stereocenters. The van der Waals surface area contributed by atoms with E-state index in [1.165, 1.54) is 25.7 Å². The first-order valence-corrected chi connectivity index (χ1v) is 8.72. The molecule has 0 heterocycles. The number of rotatable bonds is 7. The van der Waals surface area contributed by atoms with Crippen molar-refractivity contribution in [3.8, 4) is 11.5 Å². The minimum absolute atomic E-state index is 0.447. The number of aliphatic hydroxyl groups excluding tert-OH is 1. The van der Waals surface area contributed by atoms with Crippen molar-refractivity contribution in [2.24, 2.45) is 5.92 Å². The molecule has 0 spiro atoms. The predicted octanol–water partition coefficient (Wildman–Crippen LogP) is 4.86. The minimum Gasteiger partial charge on any atom is -0.490 e. The molecule has 1 N–H and O–H groups in total. The molecule has 1 aromatic carbocycles. The highest BCUT2D eigenvalue weighted by atomic mass is 79.9. The number of aliphatic hydroxyl groups is 1. The van der Waals surface area contributed by atoms with Gasteiger partial charge in [-0.1, -0.05) is 41.6 Å². The summed E-state index contributed by atoms with van der Waals surface area (Å²) >= 11 is 3.56. The molecule has 0 amide bonds. The van der Waals surface area contributed by atoms with Gasteiger partial charge in [0.15, 0.2) is 11.5 Å². The Bertz CT molecular complexity index is 456.